The minimum Gasteiger partial charge on any atom is -0.508 e. The van der Waals surface area contributed by atoms with Crippen molar-refractivity contribution in [1.29, 1.82) is 5.41 Å². The molecule has 51 heavy (non-hydrogen) atoms. The Balaban J connectivity index is 2.14. The van der Waals surface area contributed by atoms with Gasteiger partial charge < -0.3 is 47.1 Å². The van der Waals surface area contributed by atoms with Gasteiger partial charge in [-0.1, -0.05) is 35.5 Å². The third kappa shape index (κ3) is 13.9. The van der Waals surface area contributed by atoms with Crippen LogP contribution in [0.2, 0.25) is 0 Å². The fourth-order valence-electron chi connectivity index (χ4n) is 5.01. The first kappa shape index (κ1) is 29.5. The van der Waals surface area contributed by atoms with Gasteiger partial charge in [-0.05, 0) is 107 Å². The van der Waals surface area contributed by atoms with Gasteiger partial charge in [0.2, 0.25) is 17.7 Å². The molecule has 0 aliphatic carbocycles. The van der Waals surface area contributed by atoms with Gasteiger partial charge in [0.1, 0.15) is 29.5 Å². The van der Waals surface area contributed by atoms with E-state index in [0.29, 0.717) is 22.3 Å². The van der Waals surface area contributed by atoms with Crippen molar-refractivity contribution in [2.24, 2.45) is 11.5 Å². The molecular formula is C36H53N9O6. The molecule has 15 heteroatoms. The summed E-state index contributed by atoms with van der Waals surface area (Å²) in [5, 5.41) is 31.5. The molecule has 15 nitrogen and oxygen atoms in total. The third-order valence-electron chi connectivity index (χ3n) is 7.29. The number of aromatic hydroxyl groups is 1. The number of benzene rings is 2. The highest BCUT2D eigenvalue weighted by Crippen LogP contribution is 2.24. The lowest BCUT2D eigenvalue weighted by atomic mass is 9.95. The number of guanidine groups is 1. The van der Waals surface area contributed by atoms with Crippen molar-refractivity contribution >= 4 is 23.9 Å². The highest BCUT2D eigenvalue weighted by Gasteiger charge is 2.31. The number of phenolic OH excluding ortho intramolecular Hbond substituents is 1. The normalized spacial score (nSPS) is 16.5. The van der Waals surface area contributed by atoms with Gasteiger partial charge in [0.15, 0.2) is 11.8 Å². The number of alkyl carbamates (subject to hydrolysis) is 1. The molecule has 0 spiro atoms. The summed E-state index contributed by atoms with van der Waals surface area (Å²) in [6.45, 7) is 4.80. The van der Waals surface area contributed by atoms with Crippen LogP contribution in [0.25, 0.3) is 0 Å². The van der Waals surface area contributed by atoms with Gasteiger partial charge in [-0.2, -0.15) is 4.98 Å². The summed E-state index contributed by atoms with van der Waals surface area (Å²) in [6, 6.07) is 6.28. The monoisotopic (exact) mass is 715 g/mol. The molecule has 0 fully saturated rings. The fourth-order valence-corrected chi connectivity index (χ4v) is 5.01. The van der Waals surface area contributed by atoms with E-state index in [1.165, 1.54) is 12.1 Å². The maximum atomic E-state index is 14.5. The number of carbonyl (C=O) groups is 3. The molecule has 10 N–H and O–H groups in total. The Kier molecular flexibility index (Phi) is 11.2. The van der Waals surface area contributed by atoms with Gasteiger partial charge in [0, 0.05) is 30.4 Å². The first-order valence-corrected chi connectivity index (χ1v) is 16.2. The number of hydrogen-bond acceptors (Lipinski definition) is 10. The third-order valence-corrected chi connectivity index (χ3v) is 7.29. The predicted molar refractivity (Wildman–Crippen MR) is 193 cm³/mol. The minimum atomic E-state index is -3.82. The molecule has 0 aliphatic rings. The molecule has 0 unspecified atom stereocenters. The molecule has 3 atom stereocenters. The molecule has 0 radical (unpaired) electrons. The molecular weight excluding hydrogens is 654 g/mol. The van der Waals surface area contributed by atoms with Crippen molar-refractivity contribution in [2.45, 2.75) is 103 Å². The second-order valence-electron chi connectivity index (χ2n) is 12.7. The van der Waals surface area contributed by atoms with E-state index < -0.39 is 73.1 Å². The molecule has 1 aromatic heterocycles. The zero-order chi connectivity index (χ0) is 44.7. The number of phenols is 1. The summed E-state index contributed by atoms with van der Waals surface area (Å²) in [6.07, 6.45) is -12.2. The van der Waals surface area contributed by atoms with Crippen molar-refractivity contribution in [2.75, 3.05) is 13.0 Å². The maximum absolute atomic E-state index is 14.5. The number of rotatable bonds is 18. The lowest BCUT2D eigenvalue weighted by Crippen LogP contribution is -2.55. The number of nitrogens with one attached hydrogen (secondary N) is 5. The highest BCUT2D eigenvalue weighted by atomic mass is 16.6. The molecule has 278 valence electrons. The molecule has 0 saturated heterocycles. The summed E-state index contributed by atoms with van der Waals surface area (Å²) in [5.74, 6) is -3.21. The number of nitrogens with zero attached hydrogens (tertiary/aromatic N) is 2. The highest BCUT2D eigenvalue weighted by molar-refractivity contribution is 5.91. The Labute approximate surface area is 310 Å². The van der Waals surface area contributed by atoms with E-state index in [4.69, 9.17) is 37.1 Å². The molecule has 0 saturated carbocycles. The smallest absolute Gasteiger partial charge is 0.408 e. The van der Waals surface area contributed by atoms with Crippen LogP contribution in [0.3, 0.4) is 0 Å². The first-order valence-electron chi connectivity index (χ1n) is 20.2. The van der Waals surface area contributed by atoms with Crippen molar-refractivity contribution in [3.8, 4) is 5.75 Å². The van der Waals surface area contributed by atoms with Gasteiger partial charge in [0.05, 0.1) is 0 Å². The van der Waals surface area contributed by atoms with Crippen LogP contribution >= 0.6 is 0 Å². The van der Waals surface area contributed by atoms with Gasteiger partial charge in [-0.25, -0.2) is 4.79 Å². The summed E-state index contributed by atoms with van der Waals surface area (Å²) in [5.41, 5.74) is 12.0. The molecule has 2 aromatic carbocycles. The van der Waals surface area contributed by atoms with E-state index in [1.807, 2.05) is 0 Å². The van der Waals surface area contributed by atoms with Crippen molar-refractivity contribution in [3.05, 3.63) is 76.4 Å². The number of amides is 3. The first-order chi connectivity index (χ1) is 27.1. The Morgan fingerprint density at radius 1 is 1.04 bits per heavy atom. The second-order valence-corrected chi connectivity index (χ2v) is 12.7. The van der Waals surface area contributed by atoms with E-state index in [-0.39, 0.29) is 49.8 Å². The number of aromatic nitrogens is 2. The average Bonchev–Trinajstić information content (AvgIpc) is 3.55. The van der Waals surface area contributed by atoms with Crippen molar-refractivity contribution in [3.63, 3.8) is 0 Å². The topological polar surface area (TPSA) is 244 Å². The van der Waals surface area contributed by atoms with Crippen LogP contribution in [0.5, 0.6) is 5.75 Å². The van der Waals surface area contributed by atoms with Crippen LogP contribution in [0.4, 0.5) is 4.79 Å². The second kappa shape index (κ2) is 19.3. The van der Waals surface area contributed by atoms with Crippen molar-refractivity contribution in [1.82, 2.24) is 31.4 Å². The summed E-state index contributed by atoms with van der Waals surface area (Å²) in [4.78, 5) is 45.7. The van der Waals surface area contributed by atoms with Crippen LogP contribution in [0.1, 0.15) is 104 Å². The molecule has 1 heterocycles. The number of carbonyl (C=O) groups excluding carboxylic acids is 3. The SMILES string of the molecule is [2H]C([2H])(N)C([2H])([2H])C([2H])([2H])C([2H])([2H])[C@@H](NC(=O)[C@H](Cc1c(C)cc(O)cc1C)NC(=O)[C@@H](CCCNC(=N)N)NC(=O)OC(C)(C)C)c1nc(Cc2ccccc2)no1. The van der Waals surface area contributed by atoms with E-state index >= 15 is 0 Å². The minimum absolute atomic E-state index is 0.0190. The number of hydrogen-bond donors (Lipinski definition) is 8. The van der Waals surface area contributed by atoms with Gasteiger partial charge in [0.25, 0.3) is 0 Å². The molecule has 3 aromatic rings. The van der Waals surface area contributed by atoms with Gasteiger partial charge in [-0.15, -0.1) is 0 Å². The molecule has 0 bridgehead atoms. The van der Waals surface area contributed by atoms with E-state index in [0.717, 1.165) is 0 Å². The zero-order valence-electron chi connectivity index (χ0n) is 37.3. The van der Waals surface area contributed by atoms with Crippen LogP contribution in [0.15, 0.2) is 47.0 Å². The summed E-state index contributed by atoms with van der Waals surface area (Å²) >= 11 is 0. The number of ether oxygens (including phenoxy) is 1. The van der Waals surface area contributed by atoms with E-state index in [9.17, 15) is 19.5 Å². The summed E-state index contributed by atoms with van der Waals surface area (Å²) in [7, 11) is 0. The van der Waals surface area contributed by atoms with Crippen LogP contribution < -0.4 is 32.7 Å². The van der Waals surface area contributed by atoms with Crippen LogP contribution in [-0.4, -0.2) is 69.8 Å². The Bertz CT molecular complexity index is 1930. The Hall–Kier alpha value is -5.18. The van der Waals surface area contributed by atoms with E-state index in [2.05, 4.69) is 31.4 Å². The largest absolute Gasteiger partial charge is 0.508 e. The lowest BCUT2D eigenvalue weighted by Gasteiger charge is -2.27. The fraction of sp³-hybridized carbons (Fsp3) is 0.500. The quantitative estimate of drug-likeness (QED) is 0.0540. The molecule has 3 rings (SSSR count). The summed E-state index contributed by atoms with van der Waals surface area (Å²) < 4.78 is 78.3. The number of nitrogens with two attached hydrogens (primary N) is 2. The standard InChI is InChI=1S/C36H53N9O6/c1-22-18-25(46)19-23(2)26(22)21-29(42-31(47)27(15-11-17-40-34(38)39)43-35(49)50-36(3,4)5)32(48)41-28(14-9-10-16-37)33-44-30(45-51-33)20-24-12-7-6-8-13-24/h6-8,12-13,18-19,27-29,46H,9-11,14-17,20-21,37H2,1-5H3,(H,41,48)(H,42,47)(H,43,49)(H4,38,39,40)/t27-,28-,29+/m1/s1/i9D2,10D2,14D2,16D2. The van der Waals surface area contributed by atoms with Crippen LogP contribution in [-0.2, 0) is 27.2 Å². The zero-order valence-corrected chi connectivity index (χ0v) is 29.3. The van der Waals surface area contributed by atoms with Gasteiger partial charge in [-0.3, -0.25) is 15.0 Å². The number of aryl methyl sites for hydroxylation is 2. The van der Waals surface area contributed by atoms with Crippen LogP contribution in [0, 0.1) is 19.3 Å². The van der Waals surface area contributed by atoms with Gasteiger partial charge >= 0.3 is 6.09 Å². The average molecular weight is 716 g/mol. The van der Waals surface area contributed by atoms with Crippen molar-refractivity contribution < 1.29 is 39.7 Å². The predicted octanol–water partition coefficient (Wildman–Crippen LogP) is 3.15. The maximum Gasteiger partial charge on any atom is 0.408 e. The molecule has 0 aliphatic heterocycles. The Morgan fingerprint density at radius 3 is 2.33 bits per heavy atom. The van der Waals surface area contributed by atoms with E-state index in [1.54, 1.807) is 65.0 Å². The molecule has 3 amide bonds. The lowest BCUT2D eigenvalue weighted by molar-refractivity contribution is -0.130. The Morgan fingerprint density at radius 2 is 1.71 bits per heavy atom.